The largest absolute Gasteiger partial charge is 0.197 e. The molecule has 0 N–H and O–H groups in total. The molecule has 15 heavy (non-hydrogen) atoms. The van der Waals surface area contributed by atoms with Crippen molar-refractivity contribution in [2.24, 2.45) is 11.3 Å². The Bertz CT molecular complexity index is 490. The molecular weight excluding hydrogens is 184 g/mol. The maximum Gasteiger partial charge on any atom is 0.154 e. The smallest absolute Gasteiger partial charge is 0.154 e. The Morgan fingerprint density at radius 3 is 2.67 bits per heavy atom. The first-order valence-electron chi connectivity index (χ1n) is 5.24. The molecule has 0 saturated heterocycles. The third kappa shape index (κ3) is 0.870. The van der Waals surface area contributed by atoms with E-state index in [1.165, 1.54) is 11.1 Å². The molecule has 2 heteroatoms. The Balaban J connectivity index is 2.12. The lowest BCUT2D eigenvalue weighted by Gasteiger charge is -2.12. The van der Waals surface area contributed by atoms with Gasteiger partial charge >= 0.3 is 0 Å². The molecule has 2 unspecified atom stereocenters. The van der Waals surface area contributed by atoms with Crippen LogP contribution in [0.2, 0.25) is 0 Å². The minimum Gasteiger partial charge on any atom is -0.197 e. The average Bonchev–Trinajstić information content (AvgIpc) is 2.98. The number of hydrogen-bond donors (Lipinski definition) is 0. The molecule has 2 atom stereocenters. The van der Waals surface area contributed by atoms with Crippen LogP contribution in [0.3, 0.4) is 0 Å². The van der Waals surface area contributed by atoms with Gasteiger partial charge in [0.25, 0.3) is 0 Å². The van der Waals surface area contributed by atoms with Crippen LogP contribution >= 0.6 is 0 Å². The molecule has 2 nitrogen and oxygen atoms in total. The van der Waals surface area contributed by atoms with Gasteiger partial charge in [-0.05, 0) is 24.0 Å². The standard InChI is InChI=1S/C13H10N2/c14-7-13(8-15)11-6-5-9-3-1-2-4-10(9)12(11)13/h1-4,11-12H,5-6H2. The number of fused-ring (bicyclic) bond motifs is 3. The first kappa shape index (κ1) is 8.50. The van der Waals surface area contributed by atoms with Crippen molar-refractivity contribution in [3.05, 3.63) is 35.4 Å². The lowest BCUT2D eigenvalue weighted by Crippen LogP contribution is -2.00. The second-order valence-corrected chi connectivity index (χ2v) is 4.41. The van der Waals surface area contributed by atoms with Gasteiger partial charge in [-0.2, -0.15) is 10.5 Å². The molecule has 0 aromatic heterocycles. The van der Waals surface area contributed by atoms with Crippen molar-refractivity contribution in [3.63, 3.8) is 0 Å². The Labute approximate surface area is 88.8 Å². The number of rotatable bonds is 0. The summed E-state index contributed by atoms with van der Waals surface area (Å²) in [7, 11) is 0. The highest BCUT2D eigenvalue weighted by Crippen LogP contribution is 2.68. The fourth-order valence-corrected chi connectivity index (χ4v) is 3.02. The highest BCUT2D eigenvalue weighted by atomic mass is 14.7. The van der Waals surface area contributed by atoms with Crippen LogP contribution in [0.5, 0.6) is 0 Å². The van der Waals surface area contributed by atoms with Crippen molar-refractivity contribution in [2.45, 2.75) is 18.8 Å². The highest BCUT2D eigenvalue weighted by molar-refractivity contribution is 5.49. The van der Waals surface area contributed by atoms with Gasteiger partial charge in [0, 0.05) is 11.8 Å². The number of nitriles is 2. The maximum atomic E-state index is 9.14. The molecule has 0 aliphatic heterocycles. The van der Waals surface area contributed by atoms with Gasteiger partial charge < -0.3 is 0 Å². The second-order valence-electron chi connectivity index (χ2n) is 4.41. The van der Waals surface area contributed by atoms with Crippen LogP contribution < -0.4 is 0 Å². The zero-order valence-electron chi connectivity index (χ0n) is 8.27. The van der Waals surface area contributed by atoms with Gasteiger partial charge in [0.1, 0.15) is 0 Å². The molecule has 0 radical (unpaired) electrons. The topological polar surface area (TPSA) is 47.6 Å². The number of aryl methyl sites for hydroxylation is 1. The minimum atomic E-state index is -0.716. The molecule has 1 saturated carbocycles. The van der Waals surface area contributed by atoms with Crippen LogP contribution in [-0.2, 0) is 6.42 Å². The Morgan fingerprint density at radius 2 is 1.93 bits per heavy atom. The van der Waals surface area contributed by atoms with Crippen LogP contribution in [0.1, 0.15) is 23.5 Å². The van der Waals surface area contributed by atoms with Gasteiger partial charge in [-0.3, -0.25) is 0 Å². The van der Waals surface area contributed by atoms with Crippen molar-refractivity contribution in [1.29, 1.82) is 10.5 Å². The van der Waals surface area contributed by atoms with Crippen molar-refractivity contribution in [1.82, 2.24) is 0 Å². The minimum absolute atomic E-state index is 0.178. The summed E-state index contributed by atoms with van der Waals surface area (Å²) in [6, 6.07) is 12.7. The first-order valence-corrected chi connectivity index (χ1v) is 5.24. The molecule has 0 spiro atoms. The van der Waals surface area contributed by atoms with E-state index in [4.69, 9.17) is 10.5 Å². The third-order valence-corrected chi connectivity index (χ3v) is 3.85. The van der Waals surface area contributed by atoms with Crippen molar-refractivity contribution in [3.8, 4) is 12.1 Å². The number of hydrogen-bond acceptors (Lipinski definition) is 2. The second kappa shape index (κ2) is 2.61. The van der Waals surface area contributed by atoms with Gasteiger partial charge in [-0.25, -0.2) is 0 Å². The fourth-order valence-electron chi connectivity index (χ4n) is 3.02. The Hall–Kier alpha value is -1.80. The van der Waals surface area contributed by atoms with Gasteiger partial charge in [-0.1, -0.05) is 24.3 Å². The molecule has 72 valence electrons. The molecule has 0 amide bonds. The summed E-state index contributed by atoms with van der Waals surface area (Å²) in [4.78, 5) is 0. The maximum absolute atomic E-state index is 9.14. The van der Waals surface area contributed by atoms with E-state index >= 15 is 0 Å². The van der Waals surface area contributed by atoms with Crippen molar-refractivity contribution < 1.29 is 0 Å². The lowest BCUT2D eigenvalue weighted by molar-refractivity contribution is 0.632. The van der Waals surface area contributed by atoms with E-state index in [9.17, 15) is 0 Å². The molecule has 2 aliphatic carbocycles. The summed E-state index contributed by atoms with van der Waals surface area (Å²) in [5, 5.41) is 18.3. The highest BCUT2D eigenvalue weighted by Gasteiger charge is 2.68. The van der Waals surface area contributed by atoms with Crippen molar-refractivity contribution >= 4 is 0 Å². The van der Waals surface area contributed by atoms with Gasteiger partial charge in [0.15, 0.2) is 5.41 Å². The van der Waals surface area contributed by atoms with E-state index < -0.39 is 5.41 Å². The van der Waals surface area contributed by atoms with Crippen LogP contribution in [0.25, 0.3) is 0 Å². The zero-order chi connectivity index (χ0) is 10.5. The predicted octanol–water partition coefficient (Wildman–Crippen LogP) is 2.38. The van der Waals surface area contributed by atoms with Gasteiger partial charge in [0.05, 0.1) is 12.1 Å². The zero-order valence-corrected chi connectivity index (χ0v) is 8.27. The lowest BCUT2D eigenvalue weighted by atomic mass is 9.92. The summed E-state index contributed by atoms with van der Waals surface area (Å²) >= 11 is 0. The van der Waals surface area contributed by atoms with E-state index in [1.807, 2.05) is 12.1 Å². The van der Waals surface area contributed by atoms with E-state index in [2.05, 4.69) is 24.3 Å². The van der Waals surface area contributed by atoms with E-state index in [1.54, 1.807) is 0 Å². The summed E-state index contributed by atoms with van der Waals surface area (Å²) in [6.07, 6.45) is 2.01. The Morgan fingerprint density at radius 1 is 1.20 bits per heavy atom. The van der Waals surface area contributed by atoms with E-state index in [0.717, 1.165) is 12.8 Å². The monoisotopic (exact) mass is 194 g/mol. The summed E-state index contributed by atoms with van der Waals surface area (Å²) in [6.45, 7) is 0. The number of benzene rings is 1. The van der Waals surface area contributed by atoms with Crippen molar-refractivity contribution in [2.75, 3.05) is 0 Å². The molecule has 1 aromatic carbocycles. The molecule has 2 aliphatic rings. The molecule has 1 fully saturated rings. The van der Waals surface area contributed by atoms with Crippen LogP contribution in [0.15, 0.2) is 24.3 Å². The fraction of sp³-hybridized carbons (Fsp3) is 0.385. The van der Waals surface area contributed by atoms with Crippen LogP contribution in [0, 0.1) is 34.0 Å². The molecular formula is C13H10N2. The molecule has 1 aromatic rings. The SMILES string of the molecule is N#CC1(C#N)C2CCc3ccccc3C21. The number of nitrogens with zero attached hydrogens (tertiary/aromatic N) is 2. The predicted molar refractivity (Wildman–Crippen MR) is 54.7 cm³/mol. The molecule has 3 rings (SSSR count). The first-order chi connectivity index (χ1) is 7.33. The van der Waals surface area contributed by atoms with Crippen LogP contribution in [0.4, 0.5) is 0 Å². The summed E-state index contributed by atoms with van der Waals surface area (Å²) in [5.74, 6) is 0.458. The third-order valence-electron chi connectivity index (χ3n) is 3.85. The summed E-state index contributed by atoms with van der Waals surface area (Å²) < 4.78 is 0. The quantitative estimate of drug-likeness (QED) is 0.636. The van der Waals surface area contributed by atoms with Gasteiger partial charge in [-0.15, -0.1) is 0 Å². The van der Waals surface area contributed by atoms with E-state index in [-0.39, 0.29) is 11.8 Å². The average molecular weight is 194 g/mol. The van der Waals surface area contributed by atoms with Crippen LogP contribution in [-0.4, -0.2) is 0 Å². The summed E-state index contributed by atoms with van der Waals surface area (Å²) in [5.41, 5.74) is 1.84. The Kier molecular flexibility index (Phi) is 1.48. The van der Waals surface area contributed by atoms with E-state index in [0.29, 0.717) is 0 Å². The van der Waals surface area contributed by atoms with Gasteiger partial charge in [0.2, 0.25) is 0 Å². The molecule has 0 bridgehead atoms. The normalized spacial score (nSPS) is 29.2. The molecule has 0 heterocycles.